The Bertz CT molecular complexity index is 1810. The third kappa shape index (κ3) is 8.04. The lowest BCUT2D eigenvalue weighted by atomic mass is 9.12. The van der Waals surface area contributed by atoms with Gasteiger partial charge in [-0.25, -0.2) is 17.6 Å². The fourth-order valence-corrected chi connectivity index (χ4v) is 5.98. The minimum absolute atomic E-state index is 0.745. The molecule has 4 rings (SSSR count). The Hall–Kier alpha value is -4.64. The molecule has 4 aromatic carbocycles. The maximum Gasteiger partial charge on any atom is 0.416 e. The summed E-state index contributed by atoms with van der Waals surface area (Å²) >= 11 is 0. The molecule has 24 heteroatoms. The summed E-state index contributed by atoms with van der Waals surface area (Å²) < 4.78 is 318. The molecule has 0 saturated heterocycles. The molecule has 0 heterocycles. The highest BCUT2D eigenvalue weighted by Gasteiger charge is 2.47. The molecule has 0 aliphatic carbocycles. The van der Waals surface area contributed by atoms with Crippen molar-refractivity contribution in [2.75, 3.05) is 0 Å². The van der Waals surface area contributed by atoms with Gasteiger partial charge in [-0.1, -0.05) is 36.4 Å². The van der Waals surface area contributed by atoms with Crippen LogP contribution in [0, 0.1) is 23.3 Å². The quantitative estimate of drug-likeness (QED) is 0.121. The Balaban J connectivity index is 2.63. The molecule has 0 spiro atoms. The molecule has 1 nitrogen and oxygen atoms in total. The zero-order valence-electron chi connectivity index (χ0n) is 25.7. The third-order valence-corrected chi connectivity index (χ3v) is 8.31. The van der Waals surface area contributed by atoms with Crippen LogP contribution in [-0.4, -0.2) is 11.3 Å². The lowest BCUT2D eigenvalue weighted by molar-refractivity contribution is -0.144. The van der Waals surface area contributed by atoms with E-state index in [1.807, 2.05) is 0 Å². The Morgan fingerprint density at radius 3 is 0.709 bits per heavy atom. The van der Waals surface area contributed by atoms with Crippen molar-refractivity contribution < 1.29 is 102 Å². The largest absolute Gasteiger partial charge is 0.416 e. The summed E-state index contributed by atoms with van der Waals surface area (Å²) in [6.45, 7) is -2.09. The van der Waals surface area contributed by atoms with Crippen LogP contribution in [0.1, 0.15) is 38.9 Å². The number of hydrogen-bond donors (Lipinski definition) is 1. The number of hydrogen-bond acceptors (Lipinski definition) is 1. The van der Waals surface area contributed by atoms with Gasteiger partial charge in [-0.05, 0) is 18.2 Å². The second-order valence-electron chi connectivity index (χ2n) is 11.7. The smallest absolute Gasteiger partial charge is 0.391 e. The maximum absolute atomic E-state index is 16.2. The normalized spacial score (nSPS) is 13.8. The first kappa shape index (κ1) is 43.1. The number of aliphatic hydroxyl groups is 1. The van der Waals surface area contributed by atoms with Gasteiger partial charge in [0, 0.05) is 0 Å². The fraction of sp³-hybridized carbons (Fsp3) is 0.226. The van der Waals surface area contributed by atoms with E-state index in [9.17, 15) is 84.1 Å². The van der Waals surface area contributed by atoms with Crippen molar-refractivity contribution in [3.63, 3.8) is 0 Å². The van der Waals surface area contributed by atoms with Crippen molar-refractivity contribution in [3.8, 4) is 0 Å². The predicted molar refractivity (Wildman–Crippen MR) is 146 cm³/mol. The van der Waals surface area contributed by atoms with Gasteiger partial charge in [-0.15, -0.1) is 5.46 Å². The summed E-state index contributed by atoms with van der Waals surface area (Å²) in [4.78, 5) is 0. The summed E-state index contributed by atoms with van der Waals surface area (Å²) in [7, 11) is 0. The summed E-state index contributed by atoms with van der Waals surface area (Å²) in [5, 5.41) is 9.29. The number of rotatable bonds is 5. The van der Waals surface area contributed by atoms with E-state index in [-0.39, 0.29) is 0 Å². The Morgan fingerprint density at radius 2 is 0.545 bits per heavy atom. The van der Waals surface area contributed by atoms with E-state index < -0.39 is 188 Å². The first-order valence-corrected chi connectivity index (χ1v) is 14.2. The van der Waals surface area contributed by atoms with E-state index in [0.717, 1.165) is 0 Å². The predicted octanol–water partition coefficient (Wildman–Crippen LogP) is 9.23. The van der Waals surface area contributed by atoms with Crippen LogP contribution >= 0.6 is 0 Å². The third-order valence-electron chi connectivity index (χ3n) is 8.31. The second-order valence-corrected chi connectivity index (χ2v) is 11.7. The highest BCUT2D eigenvalue weighted by Crippen LogP contribution is 2.40. The van der Waals surface area contributed by atoms with Crippen molar-refractivity contribution in [1.29, 1.82) is 0 Å². The monoisotopic (exact) mass is 829 g/mol. The van der Waals surface area contributed by atoms with Gasteiger partial charge in [0.1, 0.15) is 17.8 Å². The topological polar surface area (TPSA) is 20.2 Å². The number of halogens is 22. The van der Waals surface area contributed by atoms with Crippen LogP contribution in [0.4, 0.5) is 96.6 Å². The van der Waals surface area contributed by atoms with Gasteiger partial charge < -0.3 is 5.11 Å². The first-order valence-electron chi connectivity index (χ1n) is 14.2. The summed E-state index contributed by atoms with van der Waals surface area (Å²) in [5.74, 6) is -12.2. The Kier molecular flexibility index (Phi) is 10.6. The highest BCUT2D eigenvalue weighted by molar-refractivity contribution is 7.20. The molecule has 0 amide bonds. The summed E-state index contributed by atoms with van der Waals surface area (Å²) in [5.41, 5.74) is -28.1. The SMILES string of the molecule is OCc1c(F)c(F)c([B-](c2cc(C(F)(F)F)cc(C(F)(F)F)c2)(c2cc(C(F)(F)F)cc(C(F)(F)F)c2)c2cc(C(F)(F)F)cc(C(F)(F)F)c2)c(F)c1F. The molecular formula is C31H12BF22O-. The second kappa shape index (κ2) is 13.5. The molecule has 0 aliphatic heterocycles. The molecule has 0 bridgehead atoms. The zero-order valence-corrected chi connectivity index (χ0v) is 25.7. The summed E-state index contributed by atoms with van der Waals surface area (Å²) in [6.07, 6.45) is -42.8. The molecule has 0 saturated carbocycles. The maximum atomic E-state index is 16.2. The van der Waals surface area contributed by atoms with Gasteiger partial charge in [0.05, 0.1) is 45.6 Å². The van der Waals surface area contributed by atoms with E-state index in [4.69, 9.17) is 0 Å². The molecule has 0 unspecified atom stereocenters. The summed E-state index contributed by atoms with van der Waals surface area (Å²) in [6, 6.07) is -6.95. The molecule has 0 radical (unpaired) electrons. The standard InChI is InChI=1S/C31H12BF22O/c33-22-20(10-55)23(34)25(36)21(24(22)35)32(17-4-11(26(37,38)39)1-12(5-17)27(40,41)42,18-6-13(28(43,44)45)2-14(7-18)29(46,47)48)19-8-15(30(49,50)51)3-16(9-19)31(52,53)54/h1-9,55H,10H2/q-1. The lowest BCUT2D eigenvalue weighted by Gasteiger charge is -2.46. The fourth-order valence-electron chi connectivity index (χ4n) is 5.98. The molecule has 55 heavy (non-hydrogen) atoms. The van der Waals surface area contributed by atoms with Crippen LogP contribution in [0.5, 0.6) is 0 Å². The van der Waals surface area contributed by atoms with E-state index in [1.54, 1.807) is 0 Å². The molecule has 0 aromatic heterocycles. The van der Waals surface area contributed by atoms with Crippen molar-refractivity contribution in [2.45, 2.75) is 43.7 Å². The van der Waals surface area contributed by atoms with E-state index in [0.29, 0.717) is 0 Å². The number of aliphatic hydroxyl groups excluding tert-OH is 1. The molecule has 0 atom stereocenters. The van der Waals surface area contributed by atoms with Crippen LogP contribution in [0.15, 0.2) is 54.6 Å². The van der Waals surface area contributed by atoms with Crippen LogP contribution < -0.4 is 21.9 Å². The van der Waals surface area contributed by atoms with Crippen LogP contribution in [-0.2, 0) is 43.7 Å². The van der Waals surface area contributed by atoms with Crippen LogP contribution in [0.3, 0.4) is 0 Å². The average Bonchev–Trinajstić information content (AvgIpc) is 3.03. The molecule has 4 aromatic rings. The average molecular weight is 829 g/mol. The number of benzene rings is 4. The highest BCUT2D eigenvalue weighted by atomic mass is 19.4. The minimum Gasteiger partial charge on any atom is -0.391 e. The van der Waals surface area contributed by atoms with Gasteiger partial charge in [-0.2, -0.15) is 95.4 Å². The van der Waals surface area contributed by atoms with Crippen LogP contribution in [0.25, 0.3) is 0 Å². The molecule has 1 N–H and O–H groups in total. The van der Waals surface area contributed by atoms with Crippen molar-refractivity contribution >= 4 is 28.0 Å². The molecule has 300 valence electrons. The van der Waals surface area contributed by atoms with E-state index >= 15 is 17.6 Å². The van der Waals surface area contributed by atoms with Crippen molar-refractivity contribution in [1.82, 2.24) is 0 Å². The van der Waals surface area contributed by atoms with Gasteiger partial charge in [0.15, 0.2) is 11.6 Å². The first-order chi connectivity index (χ1) is 24.7. The molecule has 0 fully saturated rings. The van der Waals surface area contributed by atoms with E-state index in [1.165, 1.54) is 0 Å². The van der Waals surface area contributed by atoms with Crippen LogP contribution in [0.2, 0.25) is 0 Å². The van der Waals surface area contributed by atoms with Gasteiger partial charge in [-0.3, -0.25) is 0 Å². The molecule has 0 aliphatic rings. The van der Waals surface area contributed by atoms with E-state index in [2.05, 4.69) is 0 Å². The van der Waals surface area contributed by atoms with Gasteiger partial charge in [0.2, 0.25) is 0 Å². The number of alkyl halides is 18. The van der Waals surface area contributed by atoms with Gasteiger partial charge >= 0.3 is 37.1 Å². The zero-order chi connectivity index (χ0) is 42.2. The van der Waals surface area contributed by atoms with Crippen molar-refractivity contribution in [3.05, 3.63) is 117 Å². The van der Waals surface area contributed by atoms with Gasteiger partial charge in [0.25, 0.3) is 0 Å². The molecular weight excluding hydrogens is 817 g/mol. The minimum atomic E-state index is -6.12. The Morgan fingerprint density at radius 1 is 0.345 bits per heavy atom. The Labute approximate surface area is 290 Å². The lowest BCUT2D eigenvalue weighted by Crippen LogP contribution is -2.77. The van der Waals surface area contributed by atoms with Crippen molar-refractivity contribution in [2.24, 2.45) is 0 Å².